The van der Waals surface area contributed by atoms with Crippen LogP contribution in [0.4, 0.5) is 5.69 Å². The Morgan fingerprint density at radius 1 is 1.09 bits per heavy atom. The predicted octanol–water partition coefficient (Wildman–Crippen LogP) is 3.65. The van der Waals surface area contributed by atoms with Crippen LogP contribution in [0.25, 0.3) is 11.1 Å². The number of likely N-dealkylation sites (N-methyl/N-ethyl adjacent to an activating group) is 1. The smallest absolute Gasteiger partial charge is 0.252 e. The molecule has 33 heavy (non-hydrogen) atoms. The van der Waals surface area contributed by atoms with Crippen molar-refractivity contribution in [3.63, 3.8) is 0 Å². The van der Waals surface area contributed by atoms with Crippen LogP contribution in [0, 0.1) is 6.92 Å². The normalized spacial score (nSPS) is 15.4. The van der Waals surface area contributed by atoms with E-state index in [1.165, 1.54) is 0 Å². The van der Waals surface area contributed by atoms with Gasteiger partial charge < -0.3 is 19.9 Å². The number of aryl methyl sites for hydroxylation is 2. The zero-order chi connectivity index (χ0) is 23.5. The Labute approximate surface area is 196 Å². The molecule has 0 unspecified atom stereocenters. The molecule has 0 bridgehead atoms. The number of carbonyl (C=O) groups is 1. The Balaban J connectivity index is 1.51. The maximum Gasteiger partial charge on any atom is 0.252 e. The van der Waals surface area contributed by atoms with Gasteiger partial charge in [0.1, 0.15) is 5.75 Å². The minimum absolute atomic E-state index is 0.0636. The van der Waals surface area contributed by atoms with E-state index in [-0.39, 0.29) is 11.9 Å². The van der Waals surface area contributed by atoms with Gasteiger partial charge >= 0.3 is 0 Å². The van der Waals surface area contributed by atoms with Crippen LogP contribution in [0.1, 0.15) is 34.5 Å². The van der Waals surface area contributed by atoms with Crippen molar-refractivity contribution in [2.24, 2.45) is 7.05 Å². The summed E-state index contributed by atoms with van der Waals surface area (Å²) >= 11 is 0. The molecule has 1 saturated heterocycles. The van der Waals surface area contributed by atoms with Crippen LogP contribution in [0.5, 0.6) is 5.75 Å². The van der Waals surface area contributed by atoms with Crippen molar-refractivity contribution < 1.29 is 9.53 Å². The van der Waals surface area contributed by atoms with Gasteiger partial charge in [-0.15, -0.1) is 0 Å². The first-order valence-corrected chi connectivity index (χ1v) is 11.4. The first kappa shape index (κ1) is 22.9. The molecular formula is C26H33N5O2. The third kappa shape index (κ3) is 5.03. The van der Waals surface area contributed by atoms with E-state index in [1.54, 1.807) is 11.8 Å². The number of nitrogens with zero attached hydrogens (tertiary/aromatic N) is 4. The summed E-state index contributed by atoms with van der Waals surface area (Å²) in [5.74, 6) is 0.695. The molecule has 1 amide bonds. The molecule has 3 aromatic rings. The molecule has 0 saturated carbocycles. The highest BCUT2D eigenvalue weighted by molar-refractivity contribution is 5.97. The molecule has 1 aliphatic heterocycles. The fraction of sp³-hybridized carbons (Fsp3) is 0.385. The lowest BCUT2D eigenvalue weighted by Crippen LogP contribution is -2.44. The largest absolute Gasteiger partial charge is 0.496 e. The number of hydrogen-bond acceptors (Lipinski definition) is 5. The second-order valence-corrected chi connectivity index (χ2v) is 8.85. The van der Waals surface area contributed by atoms with Crippen LogP contribution in [0.2, 0.25) is 0 Å². The SMILES string of the molecule is COc1cc([C@@H](C)NC(=O)c2cc(N3CCN(C)CC3)ccc2C)ccc1-c1cnn(C)c1. The number of aromatic nitrogens is 2. The summed E-state index contributed by atoms with van der Waals surface area (Å²) in [6.07, 6.45) is 3.78. The minimum Gasteiger partial charge on any atom is -0.496 e. The first-order chi connectivity index (χ1) is 15.9. The molecule has 0 radical (unpaired) electrons. The fourth-order valence-electron chi connectivity index (χ4n) is 4.25. The van der Waals surface area contributed by atoms with Crippen LogP contribution < -0.4 is 15.0 Å². The average molecular weight is 448 g/mol. The number of nitrogens with one attached hydrogen (secondary N) is 1. The molecule has 1 aliphatic rings. The number of carbonyl (C=O) groups excluding carboxylic acids is 1. The number of methoxy groups -OCH3 is 1. The van der Waals surface area contributed by atoms with Gasteiger partial charge in [0, 0.05) is 61.8 Å². The van der Waals surface area contributed by atoms with Crippen LogP contribution in [-0.2, 0) is 7.05 Å². The molecule has 7 heteroatoms. The molecular weight excluding hydrogens is 414 g/mol. The molecule has 1 fully saturated rings. The molecule has 2 aromatic carbocycles. The molecule has 2 heterocycles. The average Bonchev–Trinajstić information content (AvgIpc) is 3.25. The minimum atomic E-state index is -0.166. The summed E-state index contributed by atoms with van der Waals surface area (Å²) in [6, 6.07) is 12.1. The maximum absolute atomic E-state index is 13.2. The Morgan fingerprint density at radius 2 is 1.85 bits per heavy atom. The van der Waals surface area contributed by atoms with Gasteiger partial charge in [0.25, 0.3) is 5.91 Å². The summed E-state index contributed by atoms with van der Waals surface area (Å²) in [5, 5.41) is 7.42. The third-order valence-corrected chi connectivity index (χ3v) is 6.42. The van der Waals surface area contributed by atoms with Gasteiger partial charge in [-0.05, 0) is 50.2 Å². The van der Waals surface area contributed by atoms with Crippen molar-refractivity contribution >= 4 is 11.6 Å². The van der Waals surface area contributed by atoms with Crippen LogP contribution in [0.15, 0.2) is 48.8 Å². The molecule has 0 spiro atoms. The first-order valence-electron chi connectivity index (χ1n) is 11.4. The van der Waals surface area contributed by atoms with Crippen molar-refractivity contribution in [2.75, 3.05) is 45.2 Å². The summed E-state index contributed by atoms with van der Waals surface area (Å²) in [6.45, 7) is 7.99. The van der Waals surface area contributed by atoms with E-state index < -0.39 is 0 Å². The van der Waals surface area contributed by atoms with E-state index in [1.807, 2.05) is 63.6 Å². The zero-order valence-corrected chi connectivity index (χ0v) is 20.1. The van der Waals surface area contributed by atoms with Crippen molar-refractivity contribution in [1.29, 1.82) is 0 Å². The predicted molar refractivity (Wildman–Crippen MR) is 132 cm³/mol. The highest BCUT2D eigenvalue weighted by Crippen LogP contribution is 2.32. The molecule has 1 N–H and O–H groups in total. The lowest BCUT2D eigenvalue weighted by Gasteiger charge is -2.34. The summed E-state index contributed by atoms with van der Waals surface area (Å²) in [5.41, 5.74) is 5.76. The number of anilines is 1. The van der Waals surface area contributed by atoms with E-state index in [0.717, 1.165) is 65.4 Å². The standard InChI is InChI=1S/C26H33N5O2/c1-18-6-8-22(31-12-10-29(3)11-13-31)15-24(18)26(32)28-19(2)20-7-9-23(25(14-20)33-5)21-16-27-30(4)17-21/h6-9,14-17,19H,10-13H2,1-5H3,(H,28,32)/t19-/m1/s1. The Hall–Kier alpha value is -3.32. The number of amides is 1. The number of hydrogen-bond donors (Lipinski definition) is 1. The highest BCUT2D eigenvalue weighted by Gasteiger charge is 2.19. The van der Waals surface area contributed by atoms with Crippen LogP contribution in [-0.4, -0.2) is 60.9 Å². The van der Waals surface area contributed by atoms with E-state index >= 15 is 0 Å². The van der Waals surface area contributed by atoms with Crippen LogP contribution >= 0.6 is 0 Å². The van der Waals surface area contributed by atoms with E-state index in [0.29, 0.717) is 0 Å². The molecule has 7 nitrogen and oxygen atoms in total. The van der Waals surface area contributed by atoms with E-state index in [4.69, 9.17) is 4.74 Å². The second-order valence-electron chi connectivity index (χ2n) is 8.85. The maximum atomic E-state index is 13.2. The fourth-order valence-corrected chi connectivity index (χ4v) is 4.25. The quantitative estimate of drug-likeness (QED) is 0.625. The number of rotatable bonds is 6. The van der Waals surface area contributed by atoms with Gasteiger partial charge in [0.2, 0.25) is 0 Å². The molecule has 1 aromatic heterocycles. The lowest BCUT2D eigenvalue weighted by molar-refractivity contribution is 0.0939. The van der Waals surface area contributed by atoms with Crippen molar-refractivity contribution in [3.05, 3.63) is 65.5 Å². The van der Waals surface area contributed by atoms with Crippen LogP contribution in [0.3, 0.4) is 0 Å². The topological polar surface area (TPSA) is 62.6 Å². The highest BCUT2D eigenvalue weighted by atomic mass is 16.5. The van der Waals surface area contributed by atoms with Gasteiger partial charge in [0.15, 0.2) is 0 Å². The van der Waals surface area contributed by atoms with Gasteiger partial charge in [0.05, 0.1) is 19.3 Å². The van der Waals surface area contributed by atoms with Gasteiger partial charge in [-0.25, -0.2) is 0 Å². The molecule has 174 valence electrons. The monoisotopic (exact) mass is 447 g/mol. The number of ether oxygens (including phenoxy) is 1. The molecule has 1 atom stereocenters. The second kappa shape index (κ2) is 9.67. The summed E-state index contributed by atoms with van der Waals surface area (Å²) in [4.78, 5) is 17.9. The van der Waals surface area contributed by atoms with Gasteiger partial charge in [-0.2, -0.15) is 5.10 Å². The zero-order valence-electron chi connectivity index (χ0n) is 20.1. The van der Waals surface area contributed by atoms with Crippen molar-refractivity contribution in [2.45, 2.75) is 19.9 Å². The Bertz CT molecular complexity index is 1130. The van der Waals surface area contributed by atoms with E-state index in [9.17, 15) is 4.79 Å². The summed E-state index contributed by atoms with van der Waals surface area (Å²) in [7, 11) is 5.70. The number of benzene rings is 2. The van der Waals surface area contributed by atoms with E-state index in [2.05, 4.69) is 33.3 Å². The van der Waals surface area contributed by atoms with Crippen molar-refractivity contribution in [3.8, 4) is 16.9 Å². The Kier molecular flexibility index (Phi) is 6.70. The Morgan fingerprint density at radius 3 is 2.52 bits per heavy atom. The lowest BCUT2D eigenvalue weighted by atomic mass is 10.0. The molecule has 4 rings (SSSR count). The number of piperazine rings is 1. The van der Waals surface area contributed by atoms with Gasteiger partial charge in [-0.3, -0.25) is 9.48 Å². The summed E-state index contributed by atoms with van der Waals surface area (Å²) < 4.78 is 7.41. The third-order valence-electron chi connectivity index (χ3n) is 6.42. The van der Waals surface area contributed by atoms with Gasteiger partial charge in [-0.1, -0.05) is 18.2 Å². The van der Waals surface area contributed by atoms with Crippen molar-refractivity contribution in [1.82, 2.24) is 20.0 Å². The molecule has 0 aliphatic carbocycles.